The third-order valence-electron chi connectivity index (χ3n) is 11.7. The van der Waals surface area contributed by atoms with Crippen LogP contribution < -0.4 is 0 Å². The van der Waals surface area contributed by atoms with Crippen LogP contribution in [0, 0.1) is 0 Å². The van der Waals surface area contributed by atoms with Crippen molar-refractivity contribution in [3.8, 4) is 28.2 Å². The first kappa shape index (κ1) is 30.2. The summed E-state index contributed by atoms with van der Waals surface area (Å²) in [4.78, 5) is 5.26. The number of fused-ring (bicyclic) bond motifs is 8. The van der Waals surface area contributed by atoms with Gasteiger partial charge in [-0.1, -0.05) is 170 Å². The number of hydrogen-bond donors (Lipinski definition) is 0. The molecule has 12 rings (SSSR count). The van der Waals surface area contributed by atoms with Gasteiger partial charge in [-0.15, -0.1) is 0 Å². The monoisotopic (exact) mass is 696 g/mol. The van der Waals surface area contributed by atoms with Crippen LogP contribution in [0.2, 0.25) is 0 Å². The van der Waals surface area contributed by atoms with Crippen molar-refractivity contribution in [2.75, 3.05) is 0 Å². The van der Waals surface area contributed by atoms with E-state index in [0.717, 1.165) is 28.1 Å². The summed E-state index contributed by atoms with van der Waals surface area (Å²) in [5.41, 5.74) is 6.75. The van der Waals surface area contributed by atoms with Crippen molar-refractivity contribution in [2.24, 2.45) is 0 Å². The fourth-order valence-corrected chi connectivity index (χ4v) is 9.42. The molecule has 55 heavy (non-hydrogen) atoms. The summed E-state index contributed by atoms with van der Waals surface area (Å²) >= 11 is 0. The van der Waals surface area contributed by atoms with Crippen LogP contribution in [0.5, 0.6) is 0 Å². The highest BCUT2D eigenvalue weighted by atomic mass is 15.1. The molecule has 11 aromatic carbocycles. The lowest BCUT2D eigenvalue weighted by molar-refractivity contribution is 1.13. The second-order valence-corrected chi connectivity index (χ2v) is 14.6. The molecule has 0 unspecified atom stereocenters. The van der Waals surface area contributed by atoms with Gasteiger partial charge in [0.1, 0.15) is 5.82 Å². The van der Waals surface area contributed by atoms with E-state index in [1.165, 1.54) is 86.5 Å². The minimum Gasteiger partial charge on any atom is -0.291 e. The zero-order chi connectivity index (χ0) is 36.0. The average molecular weight is 697 g/mol. The van der Waals surface area contributed by atoms with Crippen molar-refractivity contribution in [3.05, 3.63) is 194 Å². The van der Waals surface area contributed by atoms with Gasteiger partial charge in [-0.25, -0.2) is 4.98 Å². The molecule has 2 nitrogen and oxygen atoms in total. The van der Waals surface area contributed by atoms with Crippen molar-refractivity contribution in [1.82, 2.24) is 9.55 Å². The standard InChI is InChI=1S/C53H32N2/c1-2-15-34(16-3-1)53-54-47-27-12-13-28-48(47)55(53)52-44-24-10-8-22-42(44)49(43-23-9-11-25-45(43)52)36-31-35-30-29-33-17-14-26-41-39-20-6-4-18-37(39)38-19-5-7-21-40(38)46(32-36)51(35)50(33)41/h1-32H. The van der Waals surface area contributed by atoms with Crippen LogP contribution >= 0.6 is 0 Å². The summed E-state index contributed by atoms with van der Waals surface area (Å²) in [5.74, 6) is 0.937. The molecule has 0 spiro atoms. The molecule has 0 saturated heterocycles. The highest BCUT2D eigenvalue weighted by Crippen LogP contribution is 2.47. The highest BCUT2D eigenvalue weighted by molar-refractivity contribution is 6.33. The van der Waals surface area contributed by atoms with Gasteiger partial charge in [0, 0.05) is 16.3 Å². The Bertz CT molecular complexity index is 3480. The molecule has 0 aliphatic rings. The zero-order valence-corrected chi connectivity index (χ0v) is 29.9. The van der Waals surface area contributed by atoms with Crippen molar-refractivity contribution in [2.45, 2.75) is 0 Å². The Balaban J connectivity index is 1.26. The molecule has 0 N–H and O–H groups in total. The van der Waals surface area contributed by atoms with Crippen LogP contribution in [-0.2, 0) is 0 Å². The highest BCUT2D eigenvalue weighted by Gasteiger charge is 2.22. The van der Waals surface area contributed by atoms with Crippen LogP contribution in [0.4, 0.5) is 0 Å². The van der Waals surface area contributed by atoms with Crippen molar-refractivity contribution in [3.63, 3.8) is 0 Å². The lowest BCUT2D eigenvalue weighted by atomic mass is 9.86. The summed E-state index contributed by atoms with van der Waals surface area (Å²) in [6.07, 6.45) is 0. The molecule has 0 radical (unpaired) electrons. The van der Waals surface area contributed by atoms with E-state index in [1.54, 1.807) is 0 Å². The summed E-state index contributed by atoms with van der Waals surface area (Å²) in [6, 6.07) is 71.1. The minimum atomic E-state index is 0.937. The van der Waals surface area contributed by atoms with Gasteiger partial charge in [0.15, 0.2) is 0 Å². The second-order valence-electron chi connectivity index (χ2n) is 14.6. The number of hydrogen-bond acceptors (Lipinski definition) is 1. The van der Waals surface area contributed by atoms with Crippen molar-refractivity contribution >= 4 is 86.4 Å². The molecular formula is C53H32N2. The molecule has 0 aliphatic heterocycles. The van der Waals surface area contributed by atoms with Gasteiger partial charge in [-0.3, -0.25) is 4.57 Å². The molecule has 0 amide bonds. The van der Waals surface area contributed by atoms with E-state index in [0.29, 0.717) is 0 Å². The summed E-state index contributed by atoms with van der Waals surface area (Å²) < 4.78 is 2.39. The Labute approximate surface area is 317 Å². The van der Waals surface area contributed by atoms with Crippen LogP contribution in [0.25, 0.3) is 115 Å². The molecule has 1 heterocycles. The van der Waals surface area contributed by atoms with Crippen molar-refractivity contribution < 1.29 is 0 Å². The first-order valence-corrected chi connectivity index (χ1v) is 19.0. The van der Waals surface area contributed by atoms with E-state index < -0.39 is 0 Å². The zero-order valence-electron chi connectivity index (χ0n) is 29.9. The molecule has 12 aromatic rings. The van der Waals surface area contributed by atoms with E-state index in [9.17, 15) is 0 Å². The predicted molar refractivity (Wildman–Crippen MR) is 234 cm³/mol. The van der Waals surface area contributed by atoms with Crippen LogP contribution in [-0.4, -0.2) is 9.55 Å². The van der Waals surface area contributed by atoms with Gasteiger partial charge in [0.2, 0.25) is 0 Å². The quantitative estimate of drug-likeness (QED) is 0.133. The molecule has 254 valence electrons. The Morgan fingerprint density at radius 3 is 1.53 bits per heavy atom. The largest absolute Gasteiger partial charge is 0.291 e. The smallest absolute Gasteiger partial charge is 0.145 e. The van der Waals surface area contributed by atoms with E-state index >= 15 is 0 Å². The van der Waals surface area contributed by atoms with Gasteiger partial charge in [0.05, 0.1) is 16.7 Å². The Morgan fingerprint density at radius 1 is 0.327 bits per heavy atom. The number of para-hydroxylation sites is 2. The van der Waals surface area contributed by atoms with E-state index in [-0.39, 0.29) is 0 Å². The summed E-state index contributed by atoms with van der Waals surface area (Å²) in [7, 11) is 0. The third kappa shape index (κ3) is 4.34. The molecule has 0 atom stereocenters. The molecule has 0 bridgehead atoms. The maximum atomic E-state index is 5.26. The van der Waals surface area contributed by atoms with Gasteiger partial charge in [-0.05, 0) is 100 Å². The number of aromatic nitrogens is 2. The Morgan fingerprint density at radius 2 is 0.836 bits per heavy atom. The van der Waals surface area contributed by atoms with Gasteiger partial charge in [0.25, 0.3) is 0 Å². The topological polar surface area (TPSA) is 17.8 Å². The summed E-state index contributed by atoms with van der Waals surface area (Å²) in [6.45, 7) is 0. The van der Waals surface area contributed by atoms with E-state index in [4.69, 9.17) is 4.98 Å². The number of imidazole rings is 1. The molecule has 1 aromatic heterocycles. The molecule has 0 saturated carbocycles. The van der Waals surface area contributed by atoms with Crippen LogP contribution in [0.15, 0.2) is 194 Å². The molecule has 2 heteroatoms. The van der Waals surface area contributed by atoms with Crippen LogP contribution in [0.3, 0.4) is 0 Å². The minimum absolute atomic E-state index is 0.937. The van der Waals surface area contributed by atoms with E-state index in [2.05, 4.69) is 199 Å². The fourth-order valence-electron chi connectivity index (χ4n) is 9.42. The Hall–Kier alpha value is -7.29. The molecule has 0 aliphatic carbocycles. The molecule has 0 fully saturated rings. The van der Waals surface area contributed by atoms with Gasteiger partial charge >= 0.3 is 0 Å². The normalized spacial score (nSPS) is 12.0. The lowest BCUT2D eigenvalue weighted by Crippen LogP contribution is -2.01. The number of benzene rings is 10. The number of nitrogens with zero attached hydrogens (tertiary/aromatic N) is 2. The third-order valence-corrected chi connectivity index (χ3v) is 11.7. The van der Waals surface area contributed by atoms with Gasteiger partial charge < -0.3 is 0 Å². The summed E-state index contributed by atoms with van der Waals surface area (Å²) in [5, 5.41) is 17.5. The maximum Gasteiger partial charge on any atom is 0.145 e. The lowest BCUT2D eigenvalue weighted by Gasteiger charge is -2.21. The fraction of sp³-hybridized carbons (Fsp3) is 0. The van der Waals surface area contributed by atoms with Gasteiger partial charge in [-0.2, -0.15) is 0 Å². The number of rotatable bonds is 3. The maximum absolute atomic E-state index is 5.26. The second kappa shape index (κ2) is 11.6. The SMILES string of the molecule is c1ccc(-c2nc3ccccc3n2-c2c3ccccc3c(-c3cc4ccc5cccc6c7ccccc7c7ccccc7c(c3)c4c56)c3ccccc23)cc1. The van der Waals surface area contributed by atoms with Crippen molar-refractivity contribution in [1.29, 1.82) is 0 Å². The Kier molecular flexibility index (Phi) is 6.37. The average Bonchev–Trinajstić information content (AvgIpc) is 3.64. The van der Waals surface area contributed by atoms with E-state index in [1.807, 2.05) is 0 Å². The predicted octanol–water partition coefficient (Wildman–Crippen LogP) is 14.4. The molecular weight excluding hydrogens is 665 g/mol. The first-order chi connectivity index (χ1) is 27.3. The van der Waals surface area contributed by atoms with Crippen LogP contribution in [0.1, 0.15) is 0 Å². The first-order valence-electron chi connectivity index (χ1n) is 19.0.